The maximum absolute atomic E-state index is 11.0. The zero-order valence-electron chi connectivity index (χ0n) is 9.34. The van der Waals surface area contributed by atoms with Gasteiger partial charge in [-0.15, -0.1) is 11.3 Å². The number of thiophene rings is 1. The molecule has 1 heterocycles. The topological polar surface area (TPSA) is 26.3 Å². The number of carbonyl (C=O) groups is 1. The Morgan fingerprint density at radius 3 is 2.94 bits per heavy atom. The van der Waals surface area contributed by atoms with Crippen LogP contribution in [0.2, 0.25) is 0 Å². The summed E-state index contributed by atoms with van der Waals surface area (Å²) < 4.78 is 5.31. The number of hydrogen-bond donors (Lipinski definition) is 0. The molecule has 3 heteroatoms. The van der Waals surface area contributed by atoms with Crippen molar-refractivity contribution < 1.29 is 9.53 Å². The lowest BCUT2D eigenvalue weighted by atomic mass is 9.92. The van der Waals surface area contributed by atoms with Crippen molar-refractivity contribution in [3.05, 3.63) is 46.2 Å². The van der Waals surface area contributed by atoms with Gasteiger partial charge in [0.15, 0.2) is 0 Å². The van der Waals surface area contributed by atoms with E-state index in [1.807, 2.05) is 23.6 Å². The Morgan fingerprint density at radius 1 is 1.50 bits per heavy atom. The molecule has 0 N–H and O–H groups in total. The molecule has 1 aromatic rings. The molecule has 16 heavy (non-hydrogen) atoms. The number of carbonyl (C=O) groups excluding carboxylic acids is 1. The van der Waals surface area contributed by atoms with Crippen molar-refractivity contribution in [2.75, 3.05) is 0 Å². The Labute approximate surface area is 99.2 Å². The molecule has 1 aliphatic rings. The molecule has 0 saturated heterocycles. The van der Waals surface area contributed by atoms with E-state index in [0.29, 0.717) is 0 Å². The molecule has 0 saturated carbocycles. The van der Waals surface area contributed by atoms with Gasteiger partial charge in [-0.25, -0.2) is 0 Å². The van der Waals surface area contributed by atoms with Crippen LogP contribution in [0.1, 0.15) is 24.6 Å². The van der Waals surface area contributed by atoms with Gasteiger partial charge in [-0.1, -0.05) is 23.8 Å². The summed E-state index contributed by atoms with van der Waals surface area (Å²) in [6, 6.07) is 4.10. The van der Waals surface area contributed by atoms with Crippen molar-refractivity contribution in [2.45, 2.75) is 25.9 Å². The van der Waals surface area contributed by atoms with Crippen LogP contribution in [-0.2, 0) is 9.53 Å². The third-order valence-electron chi connectivity index (χ3n) is 2.52. The predicted molar refractivity (Wildman–Crippen MR) is 65.5 cm³/mol. The van der Waals surface area contributed by atoms with Crippen LogP contribution >= 0.6 is 11.3 Å². The summed E-state index contributed by atoms with van der Waals surface area (Å²) in [6.07, 6.45) is 5.94. The number of allylic oxidation sites excluding steroid dienone is 2. The summed E-state index contributed by atoms with van der Waals surface area (Å²) in [5, 5.41) is 2.04. The highest BCUT2D eigenvalue weighted by Crippen LogP contribution is 2.32. The molecule has 1 aromatic heterocycles. The fourth-order valence-electron chi connectivity index (χ4n) is 1.83. The minimum atomic E-state index is -0.232. The maximum Gasteiger partial charge on any atom is 0.303 e. The van der Waals surface area contributed by atoms with Crippen LogP contribution in [0, 0.1) is 0 Å². The second kappa shape index (κ2) is 4.66. The molecule has 0 bridgehead atoms. The van der Waals surface area contributed by atoms with Gasteiger partial charge in [0.2, 0.25) is 0 Å². The smallest absolute Gasteiger partial charge is 0.303 e. The first kappa shape index (κ1) is 11.1. The minimum absolute atomic E-state index is 0.161. The summed E-state index contributed by atoms with van der Waals surface area (Å²) in [5.74, 6) is -0.0712. The molecule has 1 aliphatic carbocycles. The van der Waals surface area contributed by atoms with Gasteiger partial charge in [0, 0.05) is 11.8 Å². The lowest BCUT2D eigenvalue weighted by Crippen LogP contribution is -2.22. The number of rotatable bonds is 2. The highest BCUT2D eigenvalue weighted by Gasteiger charge is 2.24. The van der Waals surface area contributed by atoms with E-state index >= 15 is 0 Å². The van der Waals surface area contributed by atoms with Crippen molar-refractivity contribution in [3.8, 4) is 0 Å². The van der Waals surface area contributed by atoms with E-state index in [2.05, 4.69) is 19.1 Å². The van der Waals surface area contributed by atoms with Crippen LogP contribution in [0.5, 0.6) is 0 Å². The molecule has 0 amide bonds. The maximum atomic E-state index is 11.0. The van der Waals surface area contributed by atoms with E-state index in [0.717, 1.165) is 0 Å². The molecule has 0 radical (unpaired) electrons. The fourth-order valence-corrected chi connectivity index (χ4v) is 2.66. The highest BCUT2D eigenvalue weighted by atomic mass is 32.1. The van der Waals surface area contributed by atoms with Crippen LogP contribution in [0.15, 0.2) is 41.3 Å². The SMILES string of the molecule is CC(=O)OC1C=CC(C)=C[C@H]1c1cccs1. The molecule has 2 rings (SSSR count). The first-order valence-corrected chi connectivity index (χ1v) is 6.12. The molecule has 0 spiro atoms. The molecular formula is C13H14O2S. The Morgan fingerprint density at radius 2 is 2.31 bits per heavy atom. The second-order valence-corrected chi connectivity index (χ2v) is 4.86. The number of ether oxygens (including phenoxy) is 1. The second-order valence-electron chi connectivity index (χ2n) is 3.89. The van der Waals surface area contributed by atoms with E-state index in [-0.39, 0.29) is 18.0 Å². The fraction of sp³-hybridized carbons (Fsp3) is 0.308. The predicted octanol–water partition coefficient (Wildman–Crippen LogP) is 3.28. The van der Waals surface area contributed by atoms with E-state index in [4.69, 9.17) is 4.74 Å². The van der Waals surface area contributed by atoms with Gasteiger partial charge in [-0.05, 0) is 24.4 Å². The lowest BCUT2D eigenvalue weighted by Gasteiger charge is -2.24. The van der Waals surface area contributed by atoms with Crippen LogP contribution in [-0.4, -0.2) is 12.1 Å². The van der Waals surface area contributed by atoms with Crippen LogP contribution in [0.3, 0.4) is 0 Å². The molecule has 2 nitrogen and oxygen atoms in total. The van der Waals surface area contributed by atoms with E-state index in [1.54, 1.807) is 11.3 Å². The summed E-state index contributed by atoms with van der Waals surface area (Å²) in [5.41, 5.74) is 1.21. The van der Waals surface area contributed by atoms with Crippen molar-refractivity contribution >= 4 is 17.3 Å². The van der Waals surface area contributed by atoms with Crippen molar-refractivity contribution in [1.82, 2.24) is 0 Å². The van der Waals surface area contributed by atoms with Crippen molar-refractivity contribution in [3.63, 3.8) is 0 Å². The molecule has 1 unspecified atom stereocenters. The van der Waals surface area contributed by atoms with Gasteiger partial charge in [-0.3, -0.25) is 4.79 Å². The van der Waals surface area contributed by atoms with E-state index in [9.17, 15) is 4.79 Å². The van der Waals surface area contributed by atoms with E-state index in [1.165, 1.54) is 17.4 Å². The summed E-state index contributed by atoms with van der Waals surface area (Å²) in [6.45, 7) is 3.51. The lowest BCUT2D eigenvalue weighted by molar-refractivity contribution is -0.144. The Balaban J connectivity index is 2.24. The summed E-state index contributed by atoms with van der Waals surface area (Å²) in [7, 11) is 0. The van der Waals surface area contributed by atoms with Gasteiger partial charge in [0.25, 0.3) is 0 Å². The molecule has 2 atom stereocenters. The molecule has 84 valence electrons. The van der Waals surface area contributed by atoms with Gasteiger partial charge in [0.1, 0.15) is 6.10 Å². The molecule has 0 aromatic carbocycles. The monoisotopic (exact) mass is 234 g/mol. The molecule has 0 fully saturated rings. The summed E-state index contributed by atoms with van der Waals surface area (Å²) >= 11 is 1.69. The van der Waals surface area contributed by atoms with Gasteiger partial charge < -0.3 is 4.74 Å². The first-order valence-electron chi connectivity index (χ1n) is 5.24. The zero-order chi connectivity index (χ0) is 11.5. The van der Waals surface area contributed by atoms with Gasteiger partial charge >= 0.3 is 5.97 Å². The standard InChI is InChI=1S/C13H14O2S/c1-9-5-6-12(15-10(2)14)11(8-9)13-4-3-7-16-13/h3-8,11-12H,1-2H3/t11-,12?/m1/s1. The average molecular weight is 234 g/mol. The first-order chi connectivity index (χ1) is 7.66. The third kappa shape index (κ3) is 2.42. The number of hydrogen-bond acceptors (Lipinski definition) is 3. The molecular weight excluding hydrogens is 220 g/mol. The van der Waals surface area contributed by atoms with Crippen molar-refractivity contribution in [2.24, 2.45) is 0 Å². The summed E-state index contributed by atoms with van der Waals surface area (Å²) in [4.78, 5) is 12.3. The normalized spacial score (nSPS) is 24.0. The molecule has 0 aliphatic heterocycles. The van der Waals surface area contributed by atoms with Crippen LogP contribution in [0.4, 0.5) is 0 Å². The minimum Gasteiger partial charge on any atom is -0.457 e. The quantitative estimate of drug-likeness (QED) is 0.734. The Bertz CT molecular complexity index is 429. The van der Waals surface area contributed by atoms with E-state index < -0.39 is 0 Å². The van der Waals surface area contributed by atoms with Crippen molar-refractivity contribution in [1.29, 1.82) is 0 Å². The van der Waals surface area contributed by atoms with Crippen LogP contribution in [0.25, 0.3) is 0 Å². The third-order valence-corrected chi connectivity index (χ3v) is 3.49. The number of esters is 1. The zero-order valence-corrected chi connectivity index (χ0v) is 10.2. The average Bonchev–Trinajstić information content (AvgIpc) is 2.73. The Hall–Kier alpha value is -1.35. The van der Waals surface area contributed by atoms with Gasteiger partial charge in [0.05, 0.1) is 5.92 Å². The largest absolute Gasteiger partial charge is 0.457 e. The van der Waals surface area contributed by atoms with Gasteiger partial charge in [-0.2, -0.15) is 0 Å². The van der Waals surface area contributed by atoms with Crippen LogP contribution < -0.4 is 0 Å². The Kier molecular flexibility index (Phi) is 3.25. The highest BCUT2D eigenvalue weighted by molar-refractivity contribution is 7.10.